The lowest BCUT2D eigenvalue weighted by atomic mass is 10.3. The second-order valence-corrected chi connectivity index (χ2v) is 8.09. The molecule has 28 heavy (non-hydrogen) atoms. The molecule has 3 aromatic rings. The molecule has 0 radical (unpaired) electrons. The highest BCUT2D eigenvalue weighted by Crippen LogP contribution is 2.28. The van der Waals surface area contributed by atoms with Gasteiger partial charge in [0, 0.05) is 31.4 Å². The van der Waals surface area contributed by atoms with E-state index < -0.39 is 0 Å². The third-order valence-electron chi connectivity index (χ3n) is 3.44. The molecule has 0 aliphatic heterocycles. The van der Waals surface area contributed by atoms with Crippen LogP contribution in [-0.2, 0) is 16.6 Å². The number of aromatic nitrogens is 4. The molecule has 0 bridgehead atoms. The Kier molecular flexibility index (Phi) is 6.26. The first kappa shape index (κ1) is 19.8. The Morgan fingerprint density at radius 2 is 1.96 bits per heavy atom. The number of hydrogen-bond donors (Lipinski definition) is 3. The third-order valence-corrected chi connectivity index (χ3v) is 5.41. The van der Waals surface area contributed by atoms with E-state index in [4.69, 9.17) is 0 Å². The van der Waals surface area contributed by atoms with Gasteiger partial charge < -0.3 is 16.0 Å². The highest BCUT2D eigenvalue weighted by molar-refractivity contribution is 8.01. The normalized spacial score (nSPS) is 10.5. The third kappa shape index (κ3) is 5.54. The Labute approximate surface area is 169 Å². The van der Waals surface area contributed by atoms with Crippen LogP contribution in [0.1, 0.15) is 12.6 Å². The quantitative estimate of drug-likeness (QED) is 0.506. The number of thioether (sulfide) groups is 1. The number of carbonyl (C=O) groups is 2. The summed E-state index contributed by atoms with van der Waals surface area (Å²) in [5, 5.41) is 21.7. The average Bonchev–Trinajstić information content (AvgIpc) is 3.19. The van der Waals surface area contributed by atoms with Gasteiger partial charge in [-0.25, -0.2) is 0 Å². The van der Waals surface area contributed by atoms with Gasteiger partial charge in [0.15, 0.2) is 4.34 Å². The van der Waals surface area contributed by atoms with Crippen molar-refractivity contribution in [3.63, 3.8) is 0 Å². The molecule has 2 amide bonds. The molecule has 2 aromatic heterocycles. The maximum absolute atomic E-state index is 12.1. The van der Waals surface area contributed by atoms with Crippen molar-refractivity contribution in [1.29, 1.82) is 0 Å². The van der Waals surface area contributed by atoms with Crippen molar-refractivity contribution in [2.45, 2.75) is 18.2 Å². The minimum Gasteiger partial charge on any atom is -0.330 e. The van der Waals surface area contributed by atoms with E-state index in [-0.39, 0.29) is 17.6 Å². The van der Waals surface area contributed by atoms with Crippen LogP contribution in [0.5, 0.6) is 0 Å². The summed E-state index contributed by atoms with van der Waals surface area (Å²) in [6.45, 7) is 3.33. The van der Waals surface area contributed by atoms with Gasteiger partial charge in [-0.2, -0.15) is 5.10 Å². The fourth-order valence-corrected chi connectivity index (χ4v) is 3.93. The van der Waals surface area contributed by atoms with Crippen molar-refractivity contribution in [1.82, 2.24) is 20.0 Å². The largest absolute Gasteiger partial charge is 0.330 e. The lowest BCUT2D eigenvalue weighted by Crippen LogP contribution is -2.16. The maximum atomic E-state index is 12.1. The molecule has 0 unspecified atom stereocenters. The molecular weight excluding hydrogens is 398 g/mol. The predicted molar refractivity (Wildman–Crippen MR) is 111 cm³/mol. The number of amides is 2. The molecule has 3 rings (SSSR count). The lowest BCUT2D eigenvalue weighted by Gasteiger charge is -2.05. The SMILES string of the molecule is CC(=O)Nc1cccc(Nc2nnc(SCC(=O)Nc3cc(C)nn3C)s2)c1. The fraction of sp³-hybridized carbons (Fsp3) is 0.235. The van der Waals surface area contributed by atoms with Crippen molar-refractivity contribution >= 4 is 57.2 Å². The summed E-state index contributed by atoms with van der Waals surface area (Å²) in [7, 11) is 1.78. The summed E-state index contributed by atoms with van der Waals surface area (Å²) in [6, 6.07) is 9.11. The smallest absolute Gasteiger partial charge is 0.235 e. The molecule has 2 heterocycles. The monoisotopic (exact) mass is 417 g/mol. The summed E-state index contributed by atoms with van der Waals surface area (Å²) in [6.07, 6.45) is 0. The average molecular weight is 418 g/mol. The maximum Gasteiger partial charge on any atom is 0.235 e. The second-order valence-electron chi connectivity index (χ2n) is 5.89. The Hall–Kier alpha value is -2.92. The molecule has 0 spiro atoms. The zero-order valence-electron chi connectivity index (χ0n) is 15.5. The lowest BCUT2D eigenvalue weighted by molar-refractivity contribution is -0.114. The molecule has 9 nitrogen and oxygen atoms in total. The van der Waals surface area contributed by atoms with Crippen LogP contribution in [0.15, 0.2) is 34.7 Å². The van der Waals surface area contributed by atoms with Crippen molar-refractivity contribution in [3.8, 4) is 0 Å². The number of hydrogen-bond acceptors (Lipinski definition) is 8. The zero-order valence-corrected chi connectivity index (χ0v) is 17.1. The molecule has 0 atom stereocenters. The molecular formula is C17H19N7O2S2. The van der Waals surface area contributed by atoms with Gasteiger partial charge in [0.25, 0.3) is 0 Å². The minimum atomic E-state index is -0.138. The van der Waals surface area contributed by atoms with Crippen LogP contribution < -0.4 is 16.0 Å². The highest BCUT2D eigenvalue weighted by Gasteiger charge is 2.11. The second kappa shape index (κ2) is 8.85. The van der Waals surface area contributed by atoms with Gasteiger partial charge in [-0.15, -0.1) is 10.2 Å². The first-order valence-electron chi connectivity index (χ1n) is 8.30. The van der Waals surface area contributed by atoms with Crippen molar-refractivity contribution < 1.29 is 9.59 Å². The van der Waals surface area contributed by atoms with Gasteiger partial charge in [0.05, 0.1) is 11.4 Å². The van der Waals surface area contributed by atoms with E-state index in [2.05, 4.69) is 31.2 Å². The topological polar surface area (TPSA) is 114 Å². The van der Waals surface area contributed by atoms with Crippen LogP contribution in [0, 0.1) is 6.92 Å². The molecule has 1 aromatic carbocycles. The first-order chi connectivity index (χ1) is 13.4. The van der Waals surface area contributed by atoms with Crippen LogP contribution >= 0.6 is 23.1 Å². The number of aryl methyl sites for hydroxylation is 2. The Morgan fingerprint density at radius 1 is 1.18 bits per heavy atom. The van der Waals surface area contributed by atoms with Crippen molar-refractivity contribution in [2.75, 3.05) is 21.7 Å². The standard InChI is InChI=1S/C17H19N7O2S2/c1-10-7-14(24(3)23-10)20-15(26)9-27-17-22-21-16(28-17)19-13-6-4-5-12(8-13)18-11(2)25/h4-8H,9H2,1-3H3,(H,18,25)(H,19,21)(H,20,26). The molecule has 11 heteroatoms. The first-order valence-corrected chi connectivity index (χ1v) is 10.1. The molecule has 146 valence electrons. The number of benzene rings is 1. The molecule has 3 N–H and O–H groups in total. The van der Waals surface area contributed by atoms with Crippen LogP contribution in [0.4, 0.5) is 22.3 Å². The molecule has 0 aliphatic rings. The van der Waals surface area contributed by atoms with Crippen LogP contribution in [0.3, 0.4) is 0 Å². The summed E-state index contributed by atoms with van der Waals surface area (Å²) in [4.78, 5) is 23.3. The van der Waals surface area contributed by atoms with E-state index in [0.29, 0.717) is 21.0 Å². The van der Waals surface area contributed by atoms with E-state index in [9.17, 15) is 9.59 Å². The van der Waals surface area contributed by atoms with E-state index in [1.807, 2.05) is 25.1 Å². The molecule has 0 saturated carbocycles. The summed E-state index contributed by atoms with van der Waals surface area (Å²) < 4.78 is 2.30. The van der Waals surface area contributed by atoms with Gasteiger partial charge in [-0.3, -0.25) is 14.3 Å². The van der Waals surface area contributed by atoms with E-state index in [0.717, 1.165) is 11.4 Å². The van der Waals surface area contributed by atoms with Gasteiger partial charge in [-0.1, -0.05) is 29.2 Å². The molecule has 0 fully saturated rings. The van der Waals surface area contributed by atoms with Gasteiger partial charge in [0.2, 0.25) is 16.9 Å². The fourth-order valence-electron chi connectivity index (χ4n) is 2.35. The minimum absolute atomic E-state index is 0.133. The Balaban J connectivity index is 1.53. The zero-order chi connectivity index (χ0) is 20.1. The van der Waals surface area contributed by atoms with Crippen molar-refractivity contribution in [3.05, 3.63) is 36.0 Å². The van der Waals surface area contributed by atoms with Gasteiger partial charge in [-0.05, 0) is 25.1 Å². The number of anilines is 4. The van der Waals surface area contributed by atoms with E-state index in [1.54, 1.807) is 23.9 Å². The van der Waals surface area contributed by atoms with Crippen molar-refractivity contribution in [2.24, 2.45) is 7.05 Å². The number of rotatable bonds is 7. The molecule has 0 saturated heterocycles. The van der Waals surface area contributed by atoms with E-state index >= 15 is 0 Å². The van der Waals surface area contributed by atoms with Gasteiger partial charge in [0.1, 0.15) is 5.82 Å². The molecule has 0 aliphatic carbocycles. The van der Waals surface area contributed by atoms with Crippen LogP contribution in [0.25, 0.3) is 0 Å². The number of nitrogens with zero attached hydrogens (tertiary/aromatic N) is 4. The van der Waals surface area contributed by atoms with E-state index in [1.165, 1.54) is 30.0 Å². The summed E-state index contributed by atoms with van der Waals surface area (Å²) in [5.41, 5.74) is 2.31. The summed E-state index contributed by atoms with van der Waals surface area (Å²) >= 11 is 2.66. The Bertz CT molecular complexity index is 999. The number of nitrogens with one attached hydrogen (secondary N) is 3. The predicted octanol–water partition coefficient (Wildman–Crippen LogP) is 3.01. The van der Waals surface area contributed by atoms with Crippen LogP contribution in [-0.4, -0.2) is 37.5 Å². The highest BCUT2D eigenvalue weighted by atomic mass is 32.2. The number of carbonyl (C=O) groups excluding carboxylic acids is 2. The van der Waals surface area contributed by atoms with Gasteiger partial charge >= 0.3 is 0 Å². The Morgan fingerprint density at radius 3 is 2.68 bits per heavy atom. The summed E-state index contributed by atoms with van der Waals surface area (Å²) in [5.74, 6) is 0.602. The van der Waals surface area contributed by atoms with Crippen LogP contribution in [0.2, 0.25) is 0 Å².